The van der Waals surface area contributed by atoms with Crippen LogP contribution < -0.4 is 10.5 Å². The predicted octanol–water partition coefficient (Wildman–Crippen LogP) is -0.181. The quantitative estimate of drug-likeness (QED) is 0.738. The van der Waals surface area contributed by atoms with E-state index < -0.39 is 10.0 Å². The lowest BCUT2D eigenvalue weighted by molar-refractivity contribution is 0.580. The van der Waals surface area contributed by atoms with Crippen molar-refractivity contribution in [3.8, 4) is 0 Å². The van der Waals surface area contributed by atoms with Crippen molar-refractivity contribution in [2.45, 2.75) is 17.9 Å². The van der Waals surface area contributed by atoms with Crippen LogP contribution in [0.1, 0.15) is 5.69 Å². The van der Waals surface area contributed by atoms with Crippen LogP contribution in [0.5, 0.6) is 0 Å². The van der Waals surface area contributed by atoms with E-state index in [1.165, 1.54) is 28.4 Å². The third-order valence-electron chi connectivity index (χ3n) is 2.43. The average Bonchev–Trinajstić information content (AvgIpc) is 3.00. The van der Waals surface area contributed by atoms with E-state index in [4.69, 9.17) is 5.73 Å². The fraction of sp³-hybridized carbons (Fsp3) is 0.400. The molecule has 2 rings (SSSR count). The molecule has 2 aromatic heterocycles. The van der Waals surface area contributed by atoms with Crippen molar-refractivity contribution in [2.75, 3.05) is 13.1 Å². The van der Waals surface area contributed by atoms with E-state index in [1.54, 1.807) is 5.51 Å². The molecule has 0 bridgehead atoms. The molecule has 0 aliphatic carbocycles. The second-order valence-corrected chi connectivity index (χ2v) is 6.34. The maximum Gasteiger partial charge on any atom is 0.243 e. The van der Waals surface area contributed by atoms with Crippen molar-refractivity contribution < 1.29 is 8.42 Å². The summed E-state index contributed by atoms with van der Waals surface area (Å²) in [6, 6.07) is 0. The summed E-state index contributed by atoms with van der Waals surface area (Å²) in [5, 5.41) is 5.83. The normalized spacial score (nSPS) is 11.8. The zero-order valence-electron chi connectivity index (χ0n) is 10.2. The molecule has 0 fully saturated rings. The summed E-state index contributed by atoms with van der Waals surface area (Å²) in [6.07, 6.45) is 3.36. The summed E-state index contributed by atoms with van der Waals surface area (Å²) >= 11 is 1.49. The Balaban J connectivity index is 1.93. The van der Waals surface area contributed by atoms with Crippen LogP contribution in [-0.4, -0.2) is 36.3 Å². The van der Waals surface area contributed by atoms with Crippen LogP contribution in [0, 0.1) is 0 Å². The maximum absolute atomic E-state index is 12.0. The summed E-state index contributed by atoms with van der Waals surface area (Å²) in [4.78, 5) is 4.24. The summed E-state index contributed by atoms with van der Waals surface area (Å²) < 4.78 is 28.0. The van der Waals surface area contributed by atoms with E-state index in [0.29, 0.717) is 26.1 Å². The molecule has 9 heteroatoms. The average molecular weight is 301 g/mol. The van der Waals surface area contributed by atoms with Gasteiger partial charge >= 0.3 is 0 Å². The maximum atomic E-state index is 12.0. The molecule has 7 nitrogen and oxygen atoms in total. The van der Waals surface area contributed by atoms with Crippen molar-refractivity contribution in [1.29, 1.82) is 0 Å². The van der Waals surface area contributed by atoms with Gasteiger partial charge in [-0.25, -0.2) is 18.1 Å². The minimum Gasteiger partial charge on any atom is -0.329 e. The topological polar surface area (TPSA) is 103 Å². The van der Waals surface area contributed by atoms with Gasteiger partial charge in [-0.05, 0) is 0 Å². The molecule has 0 spiro atoms. The Morgan fingerprint density at radius 3 is 3.00 bits per heavy atom. The third-order valence-corrected chi connectivity index (χ3v) is 4.49. The first-order valence-electron chi connectivity index (χ1n) is 5.71. The van der Waals surface area contributed by atoms with Gasteiger partial charge < -0.3 is 5.73 Å². The van der Waals surface area contributed by atoms with Crippen LogP contribution in [0.2, 0.25) is 0 Å². The van der Waals surface area contributed by atoms with Crippen molar-refractivity contribution in [3.05, 3.63) is 29.0 Å². The van der Waals surface area contributed by atoms with Crippen molar-refractivity contribution >= 4 is 21.4 Å². The highest BCUT2D eigenvalue weighted by Crippen LogP contribution is 2.07. The number of thiazole rings is 1. The van der Waals surface area contributed by atoms with Gasteiger partial charge in [-0.2, -0.15) is 5.10 Å². The first-order chi connectivity index (χ1) is 9.12. The van der Waals surface area contributed by atoms with Crippen LogP contribution in [0.25, 0.3) is 0 Å². The van der Waals surface area contributed by atoms with Crippen LogP contribution in [-0.2, 0) is 23.0 Å². The van der Waals surface area contributed by atoms with Crippen LogP contribution in [0.15, 0.2) is 28.2 Å². The molecule has 2 heterocycles. The van der Waals surface area contributed by atoms with E-state index in [-0.39, 0.29) is 4.90 Å². The largest absolute Gasteiger partial charge is 0.329 e. The second kappa shape index (κ2) is 6.24. The molecule has 0 aliphatic heterocycles. The molecule has 0 atom stereocenters. The SMILES string of the molecule is NCCn1cc(S(=O)(=O)NCCc2cscn2)cn1. The van der Waals surface area contributed by atoms with E-state index in [0.717, 1.165) is 5.69 Å². The Bertz CT molecular complexity index is 606. The Morgan fingerprint density at radius 1 is 1.47 bits per heavy atom. The molecule has 0 amide bonds. The second-order valence-electron chi connectivity index (χ2n) is 3.86. The number of hydrogen-bond acceptors (Lipinski definition) is 6. The van der Waals surface area contributed by atoms with Gasteiger partial charge in [-0.3, -0.25) is 4.68 Å². The highest BCUT2D eigenvalue weighted by Gasteiger charge is 2.15. The van der Waals surface area contributed by atoms with Gasteiger partial charge in [0.2, 0.25) is 10.0 Å². The van der Waals surface area contributed by atoms with Gasteiger partial charge in [0.15, 0.2) is 0 Å². The van der Waals surface area contributed by atoms with Crippen molar-refractivity contribution in [1.82, 2.24) is 19.5 Å². The van der Waals surface area contributed by atoms with Crippen molar-refractivity contribution in [3.63, 3.8) is 0 Å². The van der Waals surface area contributed by atoms with Crippen LogP contribution in [0.4, 0.5) is 0 Å². The first-order valence-corrected chi connectivity index (χ1v) is 8.13. The first kappa shape index (κ1) is 14.1. The van der Waals surface area contributed by atoms with Gasteiger partial charge in [0.05, 0.1) is 23.9 Å². The smallest absolute Gasteiger partial charge is 0.243 e. The molecule has 0 aromatic carbocycles. The zero-order valence-corrected chi connectivity index (χ0v) is 11.8. The molecular weight excluding hydrogens is 286 g/mol. The highest BCUT2D eigenvalue weighted by atomic mass is 32.2. The molecule has 104 valence electrons. The molecule has 3 N–H and O–H groups in total. The Hall–Kier alpha value is -1.29. The van der Waals surface area contributed by atoms with Crippen LogP contribution in [0.3, 0.4) is 0 Å². The fourth-order valence-corrected chi connectivity index (χ4v) is 3.07. The number of rotatable bonds is 7. The number of hydrogen-bond donors (Lipinski definition) is 2. The lowest BCUT2D eigenvalue weighted by Crippen LogP contribution is -2.25. The molecule has 2 aromatic rings. The summed E-state index contributed by atoms with van der Waals surface area (Å²) in [7, 11) is -3.51. The number of aromatic nitrogens is 3. The van der Waals surface area contributed by atoms with Gasteiger partial charge in [-0.15, -0.1) is 11.3 Å². The number of nitrogens with zero attached hydrogens (tertiary/aromatic N) is 3. The molecule has 0 unspecified atom stereocenters. The fourth-order valence-electron chi connectivity index (χ4n) is 1.50. The monoisotopic (exact) mass is 301 g/mol. The third kappa shape index (κ3) is 3.83. The molecule has 0 aliphatic rings. The summed E-state index contributed by atoms with van der Waals surface area (Å²) in [6.45, 7) is 1.22. The molecule has 0 radical (unpaired) electrons. The zero-order chi connectivity index (χ0) is 13.7. The number of sulfonamides is 1. The van der Waals surface area contributed by atoms with Crippen LogP contribution >= 0.6 is 11.3 Å². The van der Waals surface area contributed by atoms with Gasteiger partial charge in [0.25, 0.3) is 0 Å². The van der Waals surface area contributed by atoms with E-state index >= 15 is 0 Å². The van der Waals surface area contributed by atoms with E-state index in [2.05, 4.69) is 14.8 Å². The Kier molecular flexibility index (Phi) is 4.64. The number of nitrogens with two attached hydrogens (primary N) is 1. The Labute approximate surface area is 115 Å². The Morgan fingerprint density at radius 2 is 2.32 bits per heavy atom. The van der Waals surface area contributed by atoms with E-state index in [9.17, 15) is 8.42 Å². The molecule has 0 saturated carbocycles. The van der Waals surface area contributed by atoms with Gasteiger partial charge in [0, 0.05) is 31.1 Å². The lowest BCUT2D eigenvalue weighted by atomic mass is 10.3. The standard InChI is InChI=1S/C10H15N5O2S2/c11-2-4-15-6-10(5-13-15)19(16,17)14-3-1-9-7-18-8-12-9/h5-8,14H,1-4,11H2. The van der Waals surface area contributed by atoms with Crippen molar-refractivity contribution in [2.24, 2.45) is 5.73 Å². The predicted molar refractivity (Wildman–Crippen MR) is 72.3 cm³/mol. The molecule has 0 saturated heterocycles. The van der Waals surface area contributed by atoms with Gasteiger partial charge in [-0.1, -0.05) is 0 Å². The van der Waals surface area contributed by atoms with E-state index in [1.807, 2.05) is 5.38 Å². The molecule has 19 heavy (non-hydrogen) atoms. The minimum atomic E-state index is -3.51. The molecular formula is C10H15N5O2S2. The number of nitrogens with one attached hydrogen (secondary N) is 1. The van der Waals surface area contributed by atoms with Gasteiger partial charge in [0.1, 0.15) is 4.90 Å². The highest BCUT2D eigenvalue weighted by molar-refractivity contribution is 7.89. The minimum absolute atomic E-state index is 0.152. The lowest BCUT2D eigenvalue weighted by Gasteiger charge is -2.03. The summed E-state index contributed by atoms with van der Waals surface area (Å²) in [5.74, 6) is 0. The summed E-state index contributed by atoms with van der Waals surface area (Å²) in [5.41, 5.74) is 7.99.